The summed E-state index contributed by atoms with van der Waals surface area (Å²) in [5, 5.41) is 0. The van der Waals surface area contributed by atoms with E-state index < -0.39 is 0 Å². The summed E-state index contributed by atoms with van der Waals surface area (Å²) in [6.45, 7) is 0. The standard InChI is InChI=1S/C21H15O.Sn.H/c22-16-20(17-10-4-1-5-11-17)21(18-12-6-2-7-13-18)19-14-8-3-9-15-19;;/h1-15H;;. The van der Waals surface area contributed by atoms with Crippen LogP contribution in [0.4, 0.5) is 0 Å². The third-order valence-corrected chi connectivity index (χ3v) is 4.51. The molecule has 1 nitrogen and oxygen atoms in total. The van der Waals surface area contributed by atoms with E-state index >= 15 is 0 Å². The second kappa shape index (κ2) is 7.42. The summed E-state index contributed by atoms with van der Waals surface area (Å²) < 4.78 is 0.198. The number of hydrogen-bond acceptors (Lipinski definition) is 1. The zero-order chi connectivity index (χ0) is 16.1. The molecule has 0 aliphatic carbocycles. The predicted molar refractivity (Wildman–Crippen MR) is 97.4 cm³/mol. The molecule has 3 aromatic rings. The molecule has 0 saturated heterocycles. The molecule has 0 N–H and O–H groups in total. The van der Waals surface area contributed by atoms with Gasteiger partial charge in [-0.05, 0) is 0 Å². The van der Waals surface area contributed by atoms with Crippen LogP contribution in [-0.2, 0) is 4.79 Å². The fourth-order valence-corrected chi connectivity index (χ4v) is 3.57. The molecular weight excluding hydrogens is 387 g/mol. The molecule has 2 radical (unpaired) electrons. The zero-order valence-corrected chi connectivity index (χ0v) is 15.9. The van der Waals surface area contributed by atoms with Crippen LogP contribution in [-0.4, -0.2) is 26.3 Å². The molecule has 0 spiro atoms. The van der Waals surface area contributed by atoms with Crippen LogP contribution in [0.2, 0.25) is 0 Å². The monoisotopic (exact) mass is 404 g/mol. The summed E-state index contributed by atoms with van der Waals surface area (Å²) in [7, 11) is 0. The van der Waals surface area contributed by atoms with Crippen molar-refractivity contribution in [2.45, 2.75) is 0 Å². The number of carbonyl (C=O) groups is 1. The third-order valence-electron chi connectivity index (χ3n) is 3.68. The van der Waals surface area contributed by atoms with Gasteiger partial charge in [-0.1, -0.05) is 0 Å². The van der Waals surface area contributed by atoms with E-state index in [2.05, 4.69) is 24.3 Å². The average molecular weight is 403 g/mol. The van der Waals surface area contributed by atoms with Gasteiger partial charge < -0.3 is 0 Å². The summed E-state index contributed by atoms with van der Waals surface area (Å²) in [6, 6.07) is 30.2. The maximum atomic E-state index is 12.5. The number of carbonyl (C=O) groups excluding carboxylic acids is 1. The molecule has 0 fully saturated rings. The third kappa shape index (κ3) is 3.62. The van der Waals surface area contributed by atoms with Crippen LogP contribution >= 0.6 is 0 Å². The van der Waals surface area contributed by atoms with Crippen molar-refractivity contribution in [3.63, 3.8) is 0 Å². The zero-order valence-electron chi connectivity index (χ0n) is 12.6. The Morgan fingerprint density at radius 1 is 0.565 bits per heavy atom. The summed E-state index contributed by atoms with van der Waals surface area (Å²) in [5.41, 5.74) is 4.94. The second-order valence-corrected chi connectivity index (χ2v) is 6.71. The molecule has 0 aliphatic rings. The molecule has 0 amide bonds. The van der Waals surface area contributed by atoms with Crippen molar-refractivity contribution < 1.29 is 4.79 Å². The summed E-state index contributed by atoms with van der Waals surface area (Å²) >= 11 is 0.563. The van der Waals surface area contributed by atoms with Crippen LogP contribution in [0.1, 0.15) is 16.7 Å². The Labute approximate surface area is 149 Å². The van der Waals surface area contributed by atoms with E-state index in [9.17, 15) is 4.79 Å². The molecule has 0 aromatic heterocycles. The van der Waals surface area contributed by atoms with Crippen molar-refractivity contribution in [3.05, 3.63) is 108 Å². The van der Waals surface area contributed by atoms with Gasteiger partial charge in [-0.2, -0.15) is 0 Å². The van der Waals surface area contributed by atoms with E-state index in [1.54, 1.807) is 0 Å². The molecular formula is C21H16OSn. The first-order valence-corrected chi connectivity index (χ1v) is 9.12. The van der Waals surface area contributed by atoms with Gasteiger partial charge in [0.1, 0.15) is 0 Å². The Bertz CT molecular complexity index is 780. The van der Waals surface area contributed by atoms with Gasteiger partial charge >= 0.3 is 150 Å². The topological polar surface area (TPSA) is 17.1 Å². The van der Waals surface area contributed by atoms with E-state index in [-0.39, 0.29) is 3.80 Å². The number of benzene rings is 3. The quantitative estimate of drug-likeness (QED) is 0.365. The predicted octanol–water partition coefficient (Wildman–Crippen LogP) is 4.07. The molecule has 3 aromatic carbocycles. The minimum atomic E-state index is 0.198. The number of rotatable bonds is 4. The number of allylic oxidation sites excluding steroid dienone is 1. The fourth-order valence-electron chi connectivity index (χ4n) is 2.68. The van der Waals surface area contributed by atoms with Gasteiger partial charge in [-0.3, -0.25) is 0 Å². The first-order valence-electron chi connectivity index (χ1n) is 7.47. The van der Waals surface area contributed by atoms with Gasteiger partial charge in [0.25, 0.3) is 0 Å². The molecule has 2 heteroatoms. The van der Waals surface area contributed by atoms with Crippen molar-refractivity contribution in [3.8, 4) is 0 Å². The van der Waals surface area contributed by atoms with Gasteiger partial charge in [0.15, 0.2) is 0 Å². The van der Waals surface area contributed by atoms with Gasteiger partial charge in [-0.15, -0.1) is 0 Å². The summed E-state index contributed by atoms with van der Waals surface area (Å²) in [6.07, 6.45) is 0. The van der Waals surface area contributed by atoms with Gasteiger partial charge in [0.2, 0.25) is 0 Å². The average Bonchev–Trinajstić information content (AvgIpc) is 2.61. The van der Waals surface area contributed by atoms with Crippen LogP contribution in [0.3, 0.4) is 0 Å². The van der Waals surface area contributed by atoms with Crippen LogP contribution < -0.4 is 0 Å². The van der Waals surface area contributed by atoms with Crippen molar-refractivity contribution in [2.75, 3.05) is 0 Å². The number of hydrogen-bond donors (Lipinski definition) is 0. The Hall–Kier alpha value is -2.13. The van der Waals surface area contributed by atoms with E-state index in [1.165, 1.54) is 0 Å². The van der Waals surface area contributed by atoms with E-state index in [0.717, 1.165) is 27.8 Å². The summed E-state index contributed by atoms with van der Waals surface area (Å²) in [4.78, 5) is 12.5. The Kier molecular flexibility index (Phi) is 5.08. The Balaban J connectivity index is 2.34. The second-order valence-electron chi connectivity index (χ2n) is 5.21. The molecule has 0 saturated carbocycles. The normalized spacial score (nSPS) is 10.1. The Morgan fingerprint density at radius 2 is 0.913 bits per heavy atom. The Morgan fingerprint density at radius 3 is 1.26 bits per heavy atom. The van der Waals surface area contributed by atoms with Gasteiger partial charge in [0.05, 0.1) is 0 Å². The first-order chi connectivity index (χ1) is 11.3. The molecule has 0 atom stereocenters. The molecule has 0 aliphatic heterocycles. The van der Waals surface area contributed by atoms with Crippen molar-refractivity contribution in [1.29, 1.82) is 0 Å². The molecule has 23 heavy (non-hydrogen) atoms. The van der Waals surface area contributed by atoms with Crippen molar-refractivity contribution in [2.24, 2.45) is 0 Å². The molecule has 0 unspecified atom stereocenters. The van der Waals surface area contributed by atoms with Crippen LogP contribution in [0.15, 0.2) is 91.0 Å². The minimum absolute atomic E-state index is 0.198. The van der Waals surface area contributed by atoms with Crippen molar-refractivity contribution >= 4 is 37.5 Å². The first kappa shape index (κ1) is 15.8. The van der Waals surface area contributed by atoms with Crippen LogP contribution in [0.25, 0.3) is 11.1 Å². The molecule has 0 bridgehead atoms. The maximum absolute atomic E-state index is 12.5. The fraction of sp³-hybridized carbons (Fsp3) is 0. The van der Waals surface area contributed by atoms with Crippen molar-refractivity contribution in [1.82, 2.24) is 0 Å². The van der Waals surface area contributed by atoms with Crippen LogP contribution in [0, 0.1) is 0 Å². The van der Waals surface area contributed by atoms with Crippen LogP contribution in [0.5, 0.6) is 0 Å². The van der Waals surface area contributed by atoms with Gasteiger partial charge in [0, 0.05) is 0 Å². The van der Waals surface area contributed by atoms with Gasteiger partial charge in [-0.25, -0.2) is 0 Å². The SMILES string of the molecule is O=[C]([SnH])C(=C(c1ccccc1)c1ccccc1)c1ccccc1. The molecule has 0 heterocycles. The molecule has 3 rings (SSSR count). The molecule has 110 valence electrons. The van der Waals surface area contributed by atoms with E-state index in [4.69, 9.17) is 0 Å². The summed E-state index contributed by atoms with van der Waals surface area (Å²) in [5.74, 6) is 0. The van der Waals surface area contributed by atoms with E-state index in [0.29, 0.717) is 22.5 Å². The van der Waals surface area contributed by atoms with E-state index in [1.807, 2.05) is 66.7 Å².